The lowest BCUT2D eigenvalue weighted by Crippen LogP contribution is -2.20. The molecule has 0 spiro atoms. The van der Waals surface area contributed by atoms with Gasteiger partial charge in [-0.25, -0.2) is 4.98 Å². The molecule has 0 bridgehead atoms. The summed E-state index contributed by atoms with van der Waals surface area (Å²) in [5.74, 6) is 0.506. The van der Waals surface area contributed by atoms with Crippen molar-refractivity contribution < 1.29 is 9.84 Å². The summed E-state index contributed by atoms with van der Waals surface area (Å²) < 4.78 is 5.43. The van der Waals surface area contributed by atoms with Gasteiger partial charge in [0.05, 0.1) is 24.2 Å². The van der Waals surface area contributed by atoms with Gasteiger partial charge in [-0.15, -0.1) is 0 Å². The molecule has 0 aliphatic heterocycles. The third-order valence-corrected chi connectivity index (χ3v) is 2.63. The van der Waals surface area contributed by atoms with Crippen LogP contribution in [0.25, 0.3) is 0 Å². The molecule has 2 atom stereocenters. The van der Waals surface area contributed by atoms with Crippen LogP contribution in [0.1, 0.15) is 25.5 Å². The SMILES string of the molecule is CC(O)C(C)c1cnc(OCCN(C)C)cn1. The van der Waals surface area contributed by atoms with Gasteiger partial charge >= 0.3 is 0 Å². The lowest BCUT2D eigenvalue weighted by molar-refractivity contribution is 0.167. The fraction of sp³-hybridized carbons (Fsp3) is 0.667. The van der Waals surface area contributed by atoms with E-state index in [1.807, 2.05) is 25.9 Å². The van der Waals surface area contributed by atoms with E-state index in [0.717, 1.165) is 12.2 Å². The van der Waals surface area contributed by atoms with Gasteiger partial charge in [0.15, 0.2) is 0 Å². The Morgan fingerprint density at radius 3 is 2.47 bits per heavy atom. The van der Waals surface area contributed by atoms with E-state index < -0.39 is 6.10 Å². The van der Waals surface area contributed by atoms with Crippen molar-refractivity contribution in [1.29, 1.82) is 0 Å². The molecule has 0 saturated carbocycles. The molecular weight excluding hydrogens is 218 g/mol. The van der Waals surface area contributed by atoms with Crippen LogP contribution in [0.4, 0.5) is 0 Å². The fourth-order valence-corrected chi connectivity index (χ4v) is 1.22. The van der Waals surface area contributed by atoms with Gasteiger partial charge in [-0.2, -0.15) is 0 Å². The van der Waals surface area contributed by atoms with Gasteiger partial charge in [0, 0.05) is 12.5 Å². The minimum Gasteiger partial charge on any atom is -0.475 e. The summed E-state index contributed by atoms with van der Waals surface area (Å²) in [4.78, 5) is 10.4. The fourth-order valence-electron chi connectivity index (χ4n) is 1.22. The molecule has 1 aromatic rings. The monoisotopic (exact) mass is 239 g/mol. The summed E-state index contributed by atoms with van der Waals surface area (Å²) in [6, 6.07) is 0. The second-order valence-electron chi connectivity index (χ2n) is 4.46. The Hall–Kier alpha value is -1.20. The van der Waals surface area contributed by atoms with Crippen molar-refractivity contribution in [3.63, 3.8) is 0 Å². The molecule has 5 heteroatoms. The number of aromatic nitrogens is 2. The summed E-state index contributed by atoms with van der Waals surface area (Å²) >= 11 is 0. The molecule has 1 N–H and O–H groups in total. The first-order chi connectivity index (χ1) is 8.00. The molecule has 0 aliphatic rings. The van der Waals surface area contributed by atoms with Crippen molar-refractivity contribution in [2.75, 3.05) is 27.2 Å². The Bertz CT molecular complexity index is 325. The lowest BCUT2D eigenvalue weighted by atomic mass is 10.0. The van der Waals surface area contributed by atoms with Crippen molar-refractivity contribution in [3.05, 3.63) is 18.1 Å². The van der Waals surface area contributed by atoms with Crippen LogP contribution in [0.5, 0.6) is 5.88 Å². The highest BCUT2D eigenvalue weighted by Crippen LogP contribution is 2.16. The summed E-state index contributed by atoms with van der Waals surface area (Å²) in [5.41, 5.74) is 0.778. The molecule has 0 radical (unpaired) electrons. The molecular formula is C12H21N3O2. The van der Waals surface area contributed by atoms with Gasteiger partial charge in [-0.3, -0.25) is 4.98 Å². The zero-order valence-corrected chi connectivity index (χ0v) is 10.9. The van der Waals surface area contributed by atoms with Gasteiger partial charge in [-0.05, 0) is 21.0 Å². The van der Waals surface area contributed by atoms with E-state index >= 15 is 0 Å². The van der Waals surface area contributed by atoms with E-state index in [0.29, 0.717) is 12.5 Å². The quantitative estimate of drug-likeness (QED) is 0.799. The molecule has 1 aromatic heterocycles. The van der Waals surface area contributed by atoms with Gasteiger partial charge in [0.1, 0.15) is 6.61 Å². The second-order valence-corrected chi connectivity index (χ2v) is 4.46. The van der Waals surface area contributed by atoms with Gasteiger partial charge in [-0.1, -0.05) is 6.92 Å². The molecule has 0 aliphatic carbocycles. The van der Waals surface area contributed by atoms with Crippen molar-refractivity contribution in [3.8, 4) is 5.88 Å². The first kappa shape index (κ1) is 13.9. The van der Waals surface area contributed by atoms with Crippen molar-refractivity contribution in [2.24, 2.45) is 0 Å². The molecule has 0 saturated heterocycles. The Kier molecular flexibility index (Phi) is 5.31. The number of ether oxygens (including phenoxy) is 1. The van der Waals surface area contributed by atoms with Crippen LogP contribution in [0, 0.1) is 0 Å². The van der Waals surface area contributed by atoms with E-state index in [1.165, 1.54) is 0 Å². The van der Waals surface area contributed by atoms with Crippen molar-refractivity contribution in [2.45, 2.75) is 25.9 Å². The van der Waals surface area contributed by atoms with Crippen molar-refractivity contribution >= 4 is 0 Å². The maximum Gasteiger partial charge on any atom is 0.232 e. The van der Waals surface area contributed by atoms with E-state index in [4.69, 9.17) is 4.74 Å². The van der Waals surface area contributed by atoms with Gasteiger partial charge < -0.3 is 14.7 Å². The summed E-state index contributed by atoms with van der Waals surface area (Å²) in [7, 11) is 3.98. The van der Waals surface area contributed by atoms with Crippen LogP contribution in [-0.2, 0) is 0 Å². The highest BCUT2D eigenvalue weighted by Gasteiger charge is 2.13. The average Bonchev–Trinajstić information content (AvgIpc) is 2.28. The maximum atomic E-state index is 9.44. The zero-order valence-electron chi connectivity index (χ0n) is 10.9. The van der Waals surface area contributed by atoms with E-state index in [9.17, 15) is 5.11 Å². The number of hydrogen-bond donors (Lipinski definition) is 1. The Morgan fingerprint density at radius 1 is 1.29 bits per heavy atom. The Labute approximate surface area is 102 Å². The molecule has 5 nitrogen and oxygen atoms in total. The summed E-state index contributed by atoms with van der Waals surface area (Å²) in [6.45, 7) is 5.09. The number of aliphatic hydroxyl groups excluding tert-OH is 1. The predicted octanol–water partition coefficient (Wildman–Crippen LogP) is 0.901. The highest BCUT2D eigenvalue weighted by atomic mass is 16.5. The minimum atomic E-state index is -0.426. The largest absolute Gasteiger partial charge is 0.475 e. The average molecular weight is 239 g/mol. The summed E-state index contributed by atoms with van der Waals surface area (Å²) in [5, 5.41) is 9.44. The Morgan fingerprint density at radius 2 is 2.00 bits per heavy atom. The molecule has 0 fully saturated rings. The Balaban J connectivity index is 2.50. The molecule has 2 unspecified atom stereocenters. The van der Waals surface area contributed by atoms with E-state index in [2.05, 4.69) is 9.97 Å². The first-order valence-corrected chi connectivity index (χ1v) is 5.78. The third-order valence-electron chi connectivity index (χ3n) is 2.63. The molecule has 1 heterocycles. The number of hydrogen-bond acceptors (Lipinski definition) is 5. The normalized spacial score (nSPS) is 14.7. The van der Waals surface area contributed by atoms with Crippen molar-refractivity contribution in [1.82, 2.24) is 14.9 Å². The van der Waals surface area contributed by atoms with Crippen LogP contribution >= 0.6 is 0 Å². The van der Waals surface area contributed by atoms with Crippen LogP contribution in [0.2, 0.25) is 0 Å². The molecule has 1 rings (SSSR count). The van der Waals surface area contributed by atoms with Gasteiger partial charge in [0.25, 0.3) is 0 Å². The van der Waals surface area contributed by atoms with Crippen LogP contribution in [-0.4, -0.2) is 53.3 Å². The number of nitrogens with zero attached hydrogens (tertiary/aromatic N) is 3. The van der Waals surface area contributed by atoms with Crippen LogP contribution < -0.4 is 4.74 Å². The van der Waals surface area contributed by atoms with Crippen LogP contribution in [0.3, 0.4) is 0 Å². The highest BCUT2D eigenvalue weighted by molar-refractivity contribution is 5.11. The van der Waals surface area contributed by atoms with Crippen LogP contribution in [0.15, 0.2) is 12.4 Å². The molecule has 96 valence electrons. The smallest absolute Gasteiger partial charge is 0.232 e. The van der Waals surface area contributed by atoms with E-state index in [-0.39, 0.29) is 5.92 Å². The van der Waals surface area contributed by atoms with E-state index in [1.54, 1.807) is 19.3 Å². The lowest BCUT2D eigenvalue weighted by Gasteiger charge is -2.14. The molecule has 17 heavy (non-hydrogen) atoms. The van der Waals surface area contributed by atoms with Gasteiger partial charge in [0.2, 0.25) is 5.88 Å². The topological polar surface area (TPSA) is 58.5 Å². The standard InChI is InChI=1S/C12H21N3O2/c1-9(10(2)16)11-7-14-12(8-13-11)17-6-5-15(3)4/h7-10,16H,5-6H2,1-4H3. The summed E-state index contributed by atoms with van der Waals surface area (Å²) in [6.07, 6.45) is 2.83. The molecule has 0 aromatic carbocycles. The number of likely N-dealkylation sites (N-methyl/N-ethyl adjacent to an activating group) is 1. The number of rotatable bonds is 6. The molecule has 0 amide bonds. The third kappa shape index (κ3) is 4.66. The second kappa shape index (κ2) is 6.51. The maximum absolute atomic E-state index is 9.44. The minimum absolute atomic E-state index is 0.0154. The first-order valence-electron chi connectivity index (χ1n) is 5.78. The zero-order chi connectivity index (χ0) is 12.8. The predicted molar refractivity (Wildman–Crippen MR) is 66.2 cm³/mol. The number of aliphatic hydroxyl groups is 1.